The maximum atomic E-state index is 13.6. The third-order valence-electron chi connectivity index (χ3n) is 3.69. The highest BCUT2D eigenvalue weighted by molar-refractivity contribution is 5.80. The summed E-state index contributed by atoms with van der Waals surface area (Å²) >= 11 is 0. The number of hydrogen-bond acceptors (Lipinski definition) is 2. The summed E-state index contributed by atoms with van der Waals surface area (Å²) in [5.41, 5.74) is 0. The van der Waals surface area contributed by atoms with Crippen molar-refractivity contribution in [3.63, 3.8) is 0 Å². The Morgan fingerprint density at radius 3 is 2.71 bits per heavy atom. The first-order chi connectivity index (χ1) is 10.2. The van der Waals surface area contributed by atoms with Gasteiger partial charge in [-0.05, 0) is 31.4 Å². The van der Waals surface area contributed by atoms with Crippen LogP contribution in [0.15, 0.2) is 29.3 Å². The Hall–Kier alpha value is -1.78. The molecule has 0 spiro atoms. The lowest BCUT2D eigenvalue weighted by atomic mass is 10.2. The van der Waals surface area contributed by atoms with Crippen molar-refractivity contribution in [2.75, 3.05) is 26.7 Å². The fourth-order valence-corrected chi connectivity index (χ4v) is 2.46. The molecule has 0 aliphatic carbocycles. The molecular formula is C16H24FN3O. The van der Waals surface area contributed by atoms with E-state index in [1.807, 2.05) is 6.92 Å². The molecule has 1 heterocycles. The first-order valence-corrected chi connectivity index (χ1v) is 7.61. The lowest BCUT2D eigenvalue weighted by molar-refractivity contribution is 0.190. The van der Waals surface area contributed by atoms with E-state index in [4.69, 9.17) is 4.74 Å². The van der Waals surface area contributed by atoms with Gasteiger partial charge in [-0.2, -0.15) is 0 Å². The second kappa shape index (κ2) is 7.86. The summed E-state index contributed by atoms with van der Waals surface area (Å²) in [5, 5.41) is 3.33. The molecule has 0 bridgehead atoms. The molecule has 21 heavy (non-hydrogen) atoms. The van der Waals surface area contributed by atoms with Crippen LogP contribution in [0.25, 0.3) is 0 Å². The minimum absolute atomic E-state index is 0.0822. The SMILES string of the molecule is CCC(CNC(=NC)N1CCCC1)Oc1ccccc1F. The van der Waals surface area contributed by atoms with Gasteiger partial charge in [-0.15, -0.1) is 0 Å². The fourth-order valence-electron chi connectivity index (χ4n) is 2.46. The number of guanidine groups is 1. The van der Waals surface area contributed by atoms with Crippen LogP contribution in [0.3, 0.4) is 0 Å². The Morgan fingerprint density at radius 1 is 1.38 bits per heavy atom. The Bertz CT molecular complexity index is 472. The van der Waals surface area contributed by atoms with Gasteiger partial charge < -0.3 is 15.0 Å². The predicted molar refractivity (Wildman–Crippen MR) is 83.3 cm³/mol. The van der Waals surface area contributed by atoms with E-state index in [-0.39, 0.29) is 11.9 Å². The molecule has 0 aromatic heterocycles. The lowest BCUT2D eigenvalue weighted by Crippen LogP contribution is -2.43. The molecule has 1 saturated heterocycles. The summed E-state index contributed by atoms with van der Waals surface area (Å²) in [6, 6.07) is 6.52. The predicted octanol–water partition coefficient (Wildman–Crippen LogP) is 2.65. The summed E-state index contributed by atoms with van der Waals surface area (Å²) in [6.07, 6.45) is 3.15. The van der Waals surface area contributed by atoms with Crippen molar-refractivity contribution in [1.82, 2.24) is 10.2 Å². The highest BCUT2D eigenvalue weighted by Crippen LogP contribution is 2.18. The van der Waals surface area contributed by atoms with Gasteiger partial charge in [0.15, 0.2) is 17.5 Å². The number of ether oxygens (including phenoxy) is 1. The molecule has 0 radical (unpaired) electrons. The number of rotatable bonds is 5. The van der Waals surface area contributed by atoms with E-state index in [0.29, 0.717) is 12.3 Å². The molecule has 1 N–H and O–H groups in total. The zero-order valence-electron chi connectivity index (χ0n) is 12.8. The molecule has 1 atom stereocenters. The molecule has 0 amide bonds. The van der Waals surface area contributed by atoms with E-state index in [0.717, 1.165) is 25.5 Å². The molecule has 1 aromatic rings. The number of hydrogen-bond donors (Lipinski definition) is 1. The average molecular weight is 293 g/mol. The second-order valence-electron chi connectivity index (χ2n) is 5.20. The van der Waals surface area contributed by atoms with Gasteiger partial charge in [0.2, 0.25) is 0 Å². The maximum absolute atomic E-state index is 13.6. The van der Waals surface area contributed by atoms with E-state index >= 15 is 0 Å². The molecule has 4 nitrogen and oxygen atoms in total. The zero-order valence-corrected chi connectivity index (χ0v) is 12.8. The Labute approximate surface area is 126 Å². The van der Waals surface area contributed by atoms with Crippen LogP contribution in [0.5, 0.6) is 5.75 Å². The third-order valence-corrected chi connectivity index (χ3v) is 3.69. The van der Waals surface area contributed by atoms with Crippen molar-refractivity contribution in [2.45, 2.75) is 32.3 Å². The van der Waals surface area contributed by atoms with Crippen LogP contribution >= 0.6 is 0 Å². The van der Waals surface area contributed by atoms with Crippen LogP contribution in [-0.2, 0) is 0 Å². The summed E-state index contributed by atoms with van der Waals surface area (Å²) < 4.78 is 19.4. The number of nitrogens with one attached hydrogen (secondary N) is 1. The van der Waals surface area contributed by atoms with Crippen LogP contribution in [0.2, 0.25) is 0 Å². The number of halogens is 1. The van der Waals surface area contributed by atoms with Crippen molar-refractivity contribution in [3.05, 3.63) is 30.1 Å². The average Bonchev–Trinajstić information content (AvgIpc) is 3.03. The highest BCUT2D eigenvalue weighted by Gasteiger charge is 2.17. The minimum Gasteiger partial charge on any atom is -0.486 e. The minimum atomic E-state index is -0.320. The summed E-state index contributed by atoms with van der Waals surface area (Å²) in [7, 11) is 1.79. The zero-order chi connectivity index (χ0) is 15.1. The van der Waals surface area contributed by atoms with E-state index < -0.39 is 0 Å². The maximum Gasteiger partial charge on any atom is 0.193 e. The first kappa shape index (κ1) is 15.6. The first-order valence-electron chi connectivity index (χ1n) is 7.61. The van der Waals surface area contributed by atoms with Gasteiger partial charge in [-0.1, -0.05) is 19.1 Å². The van der Waals surface area contributed by atoms with E-state index in [1.165, 1.54) is 18.9 Å². The molecule has 0 saturated carbocycles. The van der Waals surface area contributed by atoms with Crippen molar-refractivity contribution in [2.24, 2.45) is 4.99 Å². The van der Waals surface area contributed by atoms with Crippen molar-refractivity contribution in [3.8, 4) is 5.75 Å². The van der Waals surface area contributed by atoms with Crippen LogP contribution < -0.4 is 10.1 Å². The second-order valence-corrected chi connectivity index (χ2v) is 5.20. The number of para-hydroxylation sites is 1. The quantitative estimate of drug-likeness (QED) is 0.670. The van der Waals surface area contributed by atoms with Gasteiger partial charge in [0.05, 0.1) is 6.54 Å². The van der Waals surface area contributed by atoms with E-state index in [9.17, 15) is 4.39 Å². The third kappa shape index (κ3) is 4.34. The van der Waals surface area contributed by atoms with Crippen molar-refractivity contribution < 1.29 is 9.13 Å². The lowest BCUT2D eigenvalue weighted by Gasteiger charge is -2.24. The smallest absolute Gasteiger partial charge is 0.193 e. The Kier molecular flexibility index (Phi) is 5.84. The standard InChI is InChI=1S/C16H24FN3O/c1-3-13(21-15-9-5-4-8-14(15)17)12-19-16(18-2)20-10-6-7-11-20/h4-5,8-9,13H,3,6-7,10-12H2,1-2H3,(H,18,19). The molecule has 1 fully saturated rings. The van der Waals surface area contributed by atoms with Gasteiger partial charge >= 0.3 is 0 Å². The molecule has 1 aliphatic heterocycles. The molecule has 5 heteroatoms. The van der Waals surface area contributed by atoms with E-state index in [2.05, 4.69) is 15.2 Å². The fraction of sp³-hybridized carbons (Fsp3) is 0.562. The van der Waals surface area contributed by atoms with Crippen LogP contribution in [0, 0.1) is 5.82 Å². The van der Waals surface area contributed by atoms with Crippen molar-refractivity contribution in [1.29, 1.82) is 0 Å². The number of likely N-dealkylation sites (tertiary alicyclic amines) is 1. The topological polar surface area (TPSA) is 36.9 Å². The molecular weight excluding hydrogens is 269 g/mol. The number of benzene rings is 1. The van der Waals surface area contributed by atoms with Crippen molar-refractivity contribution >= 4 is 5.96 Å². The largest absolute Gasteiger partial charge is 0.486 e. The van der Waals surface area contributed by atoms with Crippen LogP contribution in [0.4, 0.5) is 4.39 Å². The van der Waals surface area contributed by atoms with Gasteiger partial charge in [-0.25, -0.2) is 4.39 Å². The number of nitrogens with zero attached hydrogens (tertiary/aromatic N) is 2. The molecule has 1 aliphatic rings. The summed E-state index contributed by atoms with van der Waals surface area (Å²) in [4.78, 5) is 6.55. The molecule has 1 aromatic carbocycles. The van der Waals surface area contributed by atoms with Gasteiger partial charge in [-0.3, -0.25) is 4.99 Å². The van der Waals surface area contributed by atoms with Gasteiger partial charge in [0.1, 0.15) is 6.10 Å². The van der Waals surface area contributed by atoms with Gasteiger partial charge in [0, 0.05) is 20.1 Å². The van der Waals surface area contributed by atoms with E-state index in [1.54, 1.807) is 25.2 Å². The van der Waals surface area contributed by atoms with Crippen LogP contribution in [0.1, 0.15) is 26.2 Å². The van der Waals surface area contributed by atoms with Gasteiger partial charge in [0.25, 0.3) is 0 Å². The molecule has 1 unspecified atom stereocenters. The highest BCUT2D eigenvalue weighted by atomic mass is 19.1. The summed E-state index contributed by atoms with van der Waals surface area (Å²) in [5.74, 6) is 0.894. The summed E-state index contributed by atoms with van der Waals surface area (Å²) in [6.45, 7) is 4.75. The normalized spacial score (nSPS) is 16.9. The van der Waals surface area contributed by atoms with Crippen LogP contribution in [-0.4, -0.2) is 43.6 Å². The molecule has 2 rings (SSSR count). The number of aliphatic imine (C=N–C) groups is 1. The Morgan fingerprint density at radius 2 is 2.10 bits per heavy atom. The molecule has 116 valence electrons. The monoisotopic (exact) mass is 293 g/mol. The Balaban J connectivity index is 1.88.